The summed E-state index contributed by atoms with van der Waals surface area (Å²) >= 11 is 0. The molecule has 0 spiro atoms. The molecule has 134 valence electrons. The van der Waals surface area contributed by atoms with E-state index in [2.05, 4.69) is 0 Å². The number of sulfone groups is 1. The Bertz CT molecular complexity index is 847. The van der Waals surface area contributed by atoms with Crippen LogP contribution < -0.4 is 0 Å². The fourth-order valence-electron chi connectivity index (χ4n) is 3.52. The Morgan fingerprint density at radius 2 is 1.68 bits per heavy atom. The van der Waals surface area contributed by atoms with Gasteiger partial charge in [-0.2, -0.15) is 0 Å². The predicted octanol–water partition coefficient (Wildman–Crippen LogP) is 3.81. The number of rotatable bonds is 5. The molecule has 2 aromatic rings. The Morgan fingerprint density at radius 1 is 1.00 bits per heavy atom. The molecule has 1 aliphatic rings. The van der Waals surface area contributed by atoms with Crippen LogP contribution in [0.3, 0.4) is 0 Å². The van der Waals surface area contributed by atoms with Gasteiger partial charge in [0.15, 0.2) is 9.84 Å². The highest BCUT2D eigenvalue weighted by Gasteiger charge is 2.31. The standard InChI is InChI=1S/C19H20F2O3S/c20-16-6-9-18(19(21)10-16)13-4-7-17(8-5-13)25(23,24)12-15-3-1-2-14(15)11-22/h4-10,14-15,22H,1-3,11-12H2/t14?,15-/m0/s1. The van der Waals surface area contributed by atoms with Gasteiger partial charge in [-0.1, -0.05) is 18.6 Å². The number of benzene rings is 2. The first kappa shape index (κ1) is 18.0. The second-order valence-electron chi connectivity index (χ2n) is 6.56. The lowest BCUT2D eigenvalue weighted by Crippen LogP contribution is -2.22. The molecule has 3 nitrogen and oxygen atoms in total. The lowest BCUT2D eigenvalue weighted by molar-refractivity contribution is 0.202. The first-order valence-corrected chi connectivity index (χ1v) is 9.95. The van der Waals surface area contributed by atoms with Crippen molar-refractivity contribution in [1.82, 2.24) is 0 Å². The van der Waals surface area contributed by atoms with Crippen molar-refractivity contribution in [2.24, 2.45) is 11.8 Å². The van der Waals surface area contributed by atoms with Crippen molar-refractivity contribution in [2.75, 3.05) is 12.4 Å². The molecule has 3 rings (SSSR count). The van der Waals surface area contributed by atoms with Gasteiger partial charge in [0.05, 0.1) is 10.6 Å². The predicted molar refractivity (Wildman–Crippen MR) is 91.8 cm³/mol. The van der Waals surface area contributed by atoms with Crippen LogP contribution in [0.25, 0.3) is 11.1 Å². The van der Waals surface area contributed by atoms with Gasteiger partial charge < -0.3 is 5.11 Å². The summed E-state index contributed by atoms with van der Waals surface area (Å²) in [5, 5.41) is 9.35. The van der Waals surface area contributed by atoms with Gasteiger partial charge in [-0.25, -0.2) is 17.2 Å². The molecular weight excluding hydrogens is 346 g/mol. The Labute approximate surface area is 146 Å². The fourth-order valence-corrected chi connectivity index (χ4v) is 5.26. The van der Waals surface area contributed by atoms with Crippen molar-refractivity contribution >= 4 is 9.84 Å². The van der Waals surface area contributed by atoms with Crippen LogP contribution in [0.1, 0.15) is 19.3 Å². The van der Waals surface area contributed by atoms with Crippen molar-refractivity contribution in [2.45, 2.75) is 24.2 Å². The molecule has 0 aromatic heterocycles. The van der Waals surface area contributed by atoms with Gasteiger partial charge in [-0.3, -0.25) is 0 Å². The minimum Gasteiger partial charge on any atom is -0.396 e. The number of halogens is 2. The van der Waals surface area contributed by atoms with Crippen LogP contribution >= 0.6 is 0 Å². The zero-order valence-corrected chi connectivity index (χ0v) is 14.5. The first-order valence-electron chi connectivity index (χ1n) is 8.30. The summed E-state index contributed by atoms with van der Waals surface area (Å²) in [6.45, 7) is 0.0168. The van der Waals surface area contributed by atoms with E-state index in [0.717, 1.165) is 31.4 Å². The molecule has 1 fully saturated rings. The van der Waals surface area contributed by atoms with E-state index in [4.69, 9.17) is 0 Å². The third kappa shape index (κ3) is 3.90. The molecule has 6 heteroatoms. The summed E-state index contributed by atoms with van der Waals surface area (Å²) in [6, 6.07) is 9.27. The number of aliphatic hydroxyl groups is 1. The average Bonchev–Trinajstić information content (AvgIpc) is 3.01. The zero-order chi connectivity index (χ0) is 18.0. The second-order valence-corrected chi connectivity index (χ2v) is 8.60. The van der Waals surface area contributed by atoms with Gasteiger partial charge >= 0.3 is 0 Å². The Kier molecular flexibility index (Phi) is 5.20. The summed E-state index contributed by atoms with van der Waals surface area (Å²) in [7, 11) is -3.47. The Balaban J connectivity index is 1.81. The molecule has 0 aliphatic heterocycles. The molecule has 1 aliphatic carbocycles. The van der Waals surface area contributed by atoms with Gasteiger partial charge in [-0.15, -0.1) is 0 Å². The van der Waals surface area contributed by atoms with Gasteiger partial charge in [0.2, 0.25) is 0 Å². The lowest BCUT2D eigenvalue weighted by Gasteiger charge is -2.17. The summed E-state index contributed by atoms with van der Waals surface area (Å²) in [4.78, 5) is 0.183. The molecule has 0 bridgehead atoms. The molecular formula is C19H20F2O3S. The van der Waals surface area contributed by atoms with E-state index in [1.165, 1.54) is 30.3 Å². The molecule has 2 atom stereocenters. The van der Waals surface area contributed by atoms with Crippen molar-refractivity contribution in [3.63, 3.8) is 0 Å². The van der Waals surface area contributed by atoms with E-state index in [1.54, 1.807) is 0 Å². The molecule has 1 N–H and O–H groups in total. The van der Waals surface area contributed by atoms with Crippen LogP contribution in [0, 0.1) is 23.5 Å². The summed E-state index contributed by atoms with van der Waals surface area (Å²) in [5.41, 5.74) is 0.715. The summed E-state index contributed by atoms with van der Waals surface area (Å²) in [5.74, 6) is -1.31. The maximum absolute atomic E-state index is 13.8. The van der Waals surface area contributed by atoms with Gasteiger partial charge in [0.25, 0.3) is 0 Å². The molecule has 0 saturated heterocycles. The molecule has 1 unspecified atom stereocenters. The number of aliphatic hydroxyl groups excluding tert-OH is 1. The summed E-state index contributed by atoms with van der Waals surface area (Å²) < 4.78 is 52.0. The van der Waals surface area contributed by atoms with E-state index < -0.39 is 21.5 Å². The lowest BCUT2D eigenvalue weighted by atomic mass is 9.99. The second kappa shape index (κ2) is 7.22. The topological polar surface area (TPSA) is 54.4 Å². The van der Waals surface area contributed by atoms with Crippen molar-refractivity contribution < 1.29 is 22.3 Å². The maximum Gasteiger partial charge on any atom is 0.178 e. The fraction of sp³-hybridized carbons (Fsp3) is 0.368. The van der Waals surface area contributed by atoms with Crippen LogP contribution in [-0.4, -0.2) is 25.9 Å². The van der Waals surface area contributed by atoms with Gasteiger partial charge in [0.1, 0.15) is 11.6 Å². The zero-order valence-electron chi connectivity index (χ0n) is 13.7. The smallest absolute Gasteiger partial charge is 0.178 e. The van der Waals surface area contributed by atoms with Gasteiger partial charge in [-0.05, 0) is 54.5 Å². The minimum absolute atomic E-state index is 0.0164. The van der Waals surface area contributed by atoms with Crippen LogP contribution in [0.15, 0.2) is 47.4 Å². The van der Waals surface area contributed by atoms with Crippen LogP contribution in [0.4, 0.5) is 8.78 Å². The molecule has 0 radical (unpaired) electrons. The largest absolute Gasteiger partial charge is 0.396 e. The first-order chi connectivity index (χ1) is 11.9. The highest BCUT2D eigenvalue weighted by molar-refractivity contribution is 7.91. The molecule has 0 amide bonds. The highest BCUT2D eigenvalue weighted by Crippen LogP contribution is 2.34. The minimum atomic E-state index is -3.47. The van der Waals surface area contributed by atoms with E-state index in [1.807, 2.05) is 0 Å². The van der Waals surface area contributed by atoms with Crippen molar-refractivity contribution in [3.05, 3.63) is 54.1 Å². The van der Waals surface area contributed by atoms with E-state index in [9.17, 15) is 22.3 Å². The van der Waals surface area contributed by atoms with Crippen molar-refractivity contribution in [1.29, 1.82) is 0 Å². The number of hydrogen-bond donors (Lipinski definition) is 1. The van der Waals surface area contributed by atoms with Gasteiger partial charge in [0, 0.05) is 18.2 Å². The SMILES string of the molecule is O=S(=O)(C[C@@H]1CCCC1CO)c1ccc(-c2ccc(F)cc2F)cc1. The van der Waals surface area contributed by atoms with E-state index in [0.29, 0.717) is 5.56 Å². The highest BCUT2D eigenvalue weighted by atomic mass is 32.2. The number of hydrogen-bond acceptors (Lipinski definition) is 3. The van der Waals surface area contributed by atoms with Crippen LogP contribution in [0.5, 0.6) is 0 Å². The monoisotopic (exact) mass is 366 g/mol. The third-order valence-electron chi connectivity index (χ3n) is 4.94. The third-order valence-corrected chi connectivity index (χ3v) is 6.80. The van der Waals surface area contributed by atoms with E-state index in [-0.39, 0.29) is 34.7 Å². The van der Waals surface area contributed by atoms with Crippen molar-refractivity contribution in [3.8, 4) is 11.1 Å². The molecule has 25 heavy (non-hydrogen) atoms. The van der Waals surface area contributed by atoms with Crippen LogP contribution in [-0.2, 0) is 9.84 Å². The molecule has 0 heterocycles. The maximum atomic E-state index is 13.8. The quantitative estimate of drug-likeness (QED) is 0.875. The average molecular weight is 366 g/mol. The Morgan fingerprint density at radius 3 is 2.32 bits per heavy atom. The molecule has 1 saturated carbocycles. The van der Waals surface area contributed by atoms with E-state index >= 15 is 0 Å². The van der Waals surface area contributed by atoms with Crippen LogP contribution in [0.2, 0.25) is 0 Å². The summed E-state index contributed by atoms with van der Waals surface area (Å²) in [6.07, 6.45) is 2.61. The molecule has 2 aromatic carbocycles. The normalized spacial score (nSPS) is 20.8. The Hall–Kier alpha value is -1.79.